The van der Waals surface area contributed by atoms with Crippen LogP contribution in [0.1, 0.15) is 84.3 Å². The first kappa shape index (κ1) is 30.1. The summed E-state index contributed by atoms with van der Waals surface area (Å²) in [4.78, 5) is 40.6. The van der Waals surface area contributed by atoms with Gasteiger partial charge in [-0.25, -0.2) is 0 Å². The Morgan fingerprint density at radius 2 is 1.69 bits per heavy atom. The van der Waals surface area contributed by atoms with Crippen LogP contribution in [0.5, 0.6) is 5.75 Å². The number of fused-ring (bicyclic) bond motifs is 1. The van der Waals surface area contributed by atoms with Gasteiger partial charge in [0.25, 0.3) is 0 Å². The van der Waals surface area contributed by atoms with Gasteiger partial charge >= 0.3 is 17.9 Å². The standard InChI is InChI=1S/C35H44O7/c1-7-25(21-14-16-24(36)17-15-21)28(20(3)31(37)42-34(4,5)23-12-10-9-11-13-23)35(6,8-2)33(39)41-29-22-18-26-27(19-22)32(38)40-30(26)29/h9-17,20,22,25-30,36H,7-8,18-19H2,1-6H3. The summed E-state index contributed by atoms with van der Waals surface area (Å²) in [6, 6.07) is 16.6. The van der Waals surface area contributed by atoms with E-state index >= 15 is 0 Å². The van der Waals surface area contributed by atoms with E-state index in [9.17, 15) is 19.5 Å². The quantitative estimate of drug-likeness (QED) is 0.240. The molecule has 1 N–H and O–H groups in total. The predicted molar refractivity (Wildman–Crippen MR) is 157 cm³/mol. The van der Waals surface area contributed by atoms with Crippen molar-refractivity contribution in [2.75, 3.05) is 0 Å². The minimum atomic E-state index is -1.04. The van der Waals surface area contributed by atoms with Crippen molar-refractivity contribution in [3.8, 4) is 5.75 Å². The van der Waals surface area contributed by atoms with Gasteiger partial charge in [0.1, 0.15) is 23.6 Å². The van der Waals surface area contributed by atoms with Crippen molar-refractivity contribution in [2.45, 2.75) is 91.0 Å². The molecule has 0 spiro atoms. The lowest BCUT2D eigenvalue weighted by atomic mass is 9.61. The van der Waals surface area contributed by atoms with Gasteiger partial charge in [0, 0.05) is 11.8 Å². The zero-order valence-electron chi connectivity index (χ0n) is 25.5. The van der Waals surface area contributed by atoms with Crippen molar-refractivity contribution >= 4 is 17.9 Å². The van der Waals surface area contributed by atoms with Crippen LogP contribution >= 0.6 is 0 Å². The highest BCUT2D eigenvalue weighted by molar-refractivity contribution is 5.81. The van der Waals surface area contributed by atoms with Gasteiger partial charge in [-0.3, -0.25) is 14.4 Å². The van der Waals surface area contributed by atoms with Gasteiger partial charge in [0.2, 0.25) is 0 Å². The topological polar surface area (TPSA) is 99.1 Å². The SMILES string of the molecule is CCC(c1ccc(O)cc1)C(C(C)C(=O)OC(C)(C)c1ccccc1)C(C)(CC)C(=O)OC1C2CC3C(=O)OC1C3C2. The summed E-state index contributed by atoms with van der Waals surface area (Å²) in [5.41, 5.74) is -0.0992. The van der Waals surface area contributed by atoms with Crippen molar-refractivity contribution < 1.29 is 33.7 Å². The number of benzene rings is 2. The summed E-state index contributed by atoms with van der Waals surface area (Å²) in [5, 5.41) is 9.97. The molecule has 9 unspecified atom stereocenters. The summed E-state index contributed by atoms with van der Waals surface area (Å²) in [7, 11) is 0. The van der Waals surface area contributed by atoms with Crippen LogP contribution in [0.4, 0.5) is 0 Å². The number of phenolic OH excluding ortho intramolecular Hbond substituents is 1. The van der Waals surface area contributed by atoms with Crippen molar-refractivity contribution in [3.05, 3.63) is 65.7 Å². The Bertz CT molecular complexity index is 1300. The van der Waals surface area contributed by atoms with Crippen LogP contribution in [0.25, 0.3) is 0 Å². The number of ether oxygens (including phenoxy) is 3. The van der Waals surface area contributed by atoms with E-state index in [0.29, 0.717) is 19.3 Å². The van der Waals surface area contributed by atoms with E-state index in [-0.39, 0.29) is 53.4 Å². The number of carbonyl (C=O) groups excluding carboxylic acids is 3. The van der Waals surface area contributed by atoms with Crippen LogP contribution in [0.2, 0.25) is 0 Å². The largest absolute Gasteiger partial charge is 0.508 e. The molecular weight excluding hydrogens is 532 g/mol. The Morgan fingerprint density at radius 1 is 1.02 bits per heavy atom. The van der Waals surface area contributed by atoms with Gasteiger partial charge in [-0.2, -0.15) is 0 Å². The molecule has 1 saturated heterocycles. The molecule has 2 aromatic carbocycles. The number of carbonyl (C=O) groups is 3. The lowest BCUT2D eigenvalue weighted by Crippen LogP contribution is -2.48. The molecule has 7 nitrogen and oxygen atoms in total. The maximum Gasteiger partial charge on any atom is 0.312 e. The molecule has 1 heterocycles. The van der Waals surface area contributed by atoms with Crippen LogP contribution < -0.4 is 0 Å². The highest BCUT2D eigenvalue weighted by Crippen LogP contribution is 2.56. The smallest absolute Gasteiger partial charge is 0.312 e. The molecule has 2 aliphatic carbocycles. The molecule has 9 atom stereocenters. The normalized spacial score (nSPS) is 28.0. The molecule has 1 aliphatic heterocycles. The second kappa shape index (κ2) is 11.4. The van der Waals surface area contributed by atoms with Crippen LogP contribution in [-0.2, 0) is 34.2 Å². The molecule has 2 saturated carbocycles. The summed E-state index contributed by atoms with van der Waals surface area (Å²) in [6.07, 6.45) is 1.81. The number of rotatable bonds is 11. The molecule has 2 aromatic rings. The van der Waals surface area contributed by atoms with Gasteiger partial charge in [-0.1, -0.05) is 63.2 Å². The monoisotopic (exact) mass is 576 g/mol. The second-order valence-corrected chi connectivity index (χ2v) is 13.3. The fourth-order valence-electron chi connectivity index (χ4n) is 7.99. The molecule has 0 radical (unpaired) electrons. The highest BCUT2D eigenvalue weighted by Gasteiger charge is 2.64. The van der Waals surface area contributed by atoms with Gasteiger partial charge in [0.15, 0.2) is 0 Å². The molecule has 7 heteroatoms. The van der Waals surface area contributed by atoms with E-state index in [1.165, 1.54) is 0 Å². The van der Waals surface area contributed by atoms with Gasteiger partial charge in [0.05, 0.1) is 17.3 Å². The first-order chi connectivity index (χ1) is 19.9. The van der Waals surface area contributed by atoms with Crippen molar-refractivity contribution in [3.63, 3.8) is 0 Å². The molecule has 0 amide bonds. The maximum atomic E-state index is 14.3. The fraction of sp³-hybridized carbons (Fsp3) is 0.571. The third kappa shape index (κ3) is 5.20. The number of hydrogen-bond acceptors (Lipinski definition) is 7. The highest BCUT2D eigenvalue weighted by atomic mass is 16.6. The zero-order valence-corrected chi connectivity index (χ0v) is 25.5. The fourth-order valence-corrected chi connectivity index (χ4v) is 7.99. The summed E-state index contributed by atoms with van der Waals surface area (Å²) in [6.45, 7) is 11.5. The van der Waals surface area contributed by atoms with Gasteiger partial charge in [-0.15, -0.1) is 0 Å². The molecule has 5 rings (SSSR count). The van der Waals surface area contributed by atoms with E-state index < -0.39 is 29.0 Å². The van der Waals surface area contributed by atoms with Gasteiger partial charge in [-0.05, 0) is 81.5 Å². The Balaban J connectivity index is 1.47. The Labute approximate surface area is 248 Å². The van der Waals surface area contributed by atoms with Crippen molar-refractivity contribution in [1.82, 2.24) is 0 Å². The van der Waals surface area contributed by atoms with E-state index in [4.69, 9.17) is 14.2 Å². The third-order valence-corrected chi connectivity index (χ3v) is 10.5. The molecular formula is C35H44O7. The Hall–Kier alpha value is -3.35. The van der Waals surface area contributed by atoms with Gasteiger partial charge < -0.3 is 19.3 Å². The number of phenols is 1. The number of aromatic hydroxyl groups is 1. The van der Waals surface area contributed by atoms with Crippen LogP contribution in [0.15, 0.2) is 54.6 Å². The minimum Gasteiger partial charge on any atom is -0.508 e. The van der Waals surface area contributed by atoms with Crippen LogP contribution in [0, 0.1) is 35.0 Å². The van der Waals surface area contributed by atoms with Crippen LogP contribution in [0.3, 0.4) is 0 Å². The van der Waals surface area contributed by atoms with Crippen LogP contribution in [-0.4, -0.2) is 35.2 Å². The molecule has 42 heavy (non-hydrogen) atoms. The Morgan fingerprint density at radius 3 is 2.31 bits per heavy atom. The third-order valence-electron chi connectivity index (χ3n) is 10.5. The zero-order chi connectivity index (χ0) is 30.4. The molecule has 3 aliphatic rings. The lowest BCUT2D eigenvalue weighted by Gasteiger charge is -2.44. The van der Waals surface area contributed by atoms with E-state index in [0.717, 1.165) is 17.5 Å². The molecule has 226 valence electrons. The second-order valence-electron chi connectivity index (χ2n) is 13.3. The number of hydrogen-bond donors (Lipinski definition) is 1. The van der Waals surface area contributed by atoms with E-state index in [2.05, 4.69) is 0 Å². The van der Waals surface area contributed by atoms with E-state index in [1.807, 2.05) is 84.0 Å². The molecule has 0 aromatic heterocycles. The number of esters is 3. The summed E-state index contributed by atoms with van der Waals surface area (Å²) < 4.78 is 18.2. The lowest BCUT2D eigenvalue weighted by molar-refractivity contribution is -0.181. The Kier molecular flexibility index (Phi) is 8.16. The molecule has 3 fully saturated rings. The predicted octanol–water partition coefficient (Wildman–Crippen LogP) is 6.53. The van der Waals surface area contributed by atoms with E-state index in [1.54, 1.807) is 12.1 Å². The first-order valence-corrected chi connectivity index (χ1v) is 15.4. The van der Waals surface area contributed by atoms with Crippen molar-refractivity contribution in [1.29, 1.82) is 0 Å². The summed E-state index contributed by atoms with van der Waals surface area (Å²) in [5.74, 6) is -1.91. The summed E-state index contributed by atoms with van der Waals surface area (Å²) >= 11 is 0. The minimum absolute atomic E-state index is 0.0676. The maximum absolute atomic E-state index is 14.3. The average molecular weight is 577 g/mol. The average Bonchev–Trinajstić information content (AvgIpc) is 3.61. The first-order valence-electron chi connectivity index (χ1n) is 15.4. The van der Waals surface area contributed by atoms with Crippen molar-refractivity contribution in [2.24, 2.45) is 35.0 Å². The molecule has 2 bridgehead atoms.